The predicted octanol–water partition coefficient (Wildman–Crippen LogP) is 2.11. The Labute approximate surface area is 115 Å². The lowest BCUT2D eigenvalue weighted by Gasteiger charge is -2.22. The number of hydrogen-bond acceptors (Lipinski definition) is 2. The number of aliphatic hydroxyl groups excluding tert-OH is 1. The zero-order valence-electron chi connectivity index (χ0n) is 11.7. The zero-order chi connectivity index (χ0) is 14.1. The third-order valence-electron chi connectivity index (χ3n) is 3.14. The maximum atomic E-state index is 11.6. The van der Waals surface area contributed by atoms with Gasteiger partial charge in [0.1, 0.15) is 0 Å². The van der Waals surface area contributed by atoms with Gasteiger partial charge < -0.3 is 15.7 Å². The summed E-state index contributed by atoms with van der Waals surface area (Å²) in [4.78, 5) is 11.6. The van der Waals surface area contributed by atoms with Crippen molar-refractivity contribution in [3.05, 3.63) is 35.9 Å². The largest absolute Gasteiger partial charge is 0.396 e. The first-order valence-corrected chi connectivity index (χ1v) is 6.82. The van der Waals surface area contributed by atoms with Gasteiger partial charge in [0, 0.05) is 25.6 Å². The van der Waals surface area contributed by atoms with E-state index in [-0.39, 0.29) is 12.6 Å². The molecular formula is C15H24N2O2. The second kappa shape index (κ2) is 8.53. The number of amides is 2. The number of carbonyl (C=O) groups is 1. The Morgan fingerprint density at radius 1 is 1.21 bits per heavy atom. The van der Waals surface area contributed by atoms with Crippen LogP contribution in [-0.4, -0.2) is 30.8 Å². The number of carbonyl (C=O) groups excluding carboxylic acids is 1. The Hall–Kier alpha value is -1.55. The molecule has 3 N–H and O–H groups in total. The van der Waals surface area contributed by atoms with E-state index in [9.17, 15) is 4.79 Å². The van der Waals surface area contributed by atoms with Gasteiger partial charge in [0.05, 0.1) is 0 Å². The minimum atomic E-state index is -0.171. The summed E-state index contributed by atoms with van der Waals surface area (Å²) < 4.78 is 0. The first kappa shape index (κ1) is 15.5. The smallest absolute Gasteiger partial charge is 0.314 e. The van der Waals surface area contributed by atoms with Crippen molar-refractivity contribution in [2.24, 2.45) is 5.92 Å². The van der Waals surface area contributed by atoms with Gasteiger partial charge in [-0.2, -0.15) is 0 Å². The van der Waals surface area contributed by atoms with E-state index >= 15 is 0 Å². The standard InChI is InChI=1S/C15H24N2O2/c1-12(2)14(13-7-4-3-5-8-13)11-17-15(19)16-9-6-10-18/h3-5,7-8,12,14,18H,6,9-11H2,1-2H3,(H2,16,17,19). The van der Waals surface area contributed by atoms with Gasteiger partial charge in [0.15, 0.2) is 0 Å². The molecular weight excluding hydrogens is 240 g/mol. The van der Waals surface area contributed by atoms with Crippen LogP contribution in [0.4, 0.5) is 4.79 Å². The Morgan fingerprint density at radius 2 is 1.89 bits per heavy atom. The van der Waals surface area contributed by atoms with E-state index < -0.39 is 0 Å². The number of hydrogen-bond donors (Lipinski definition) is 3. The molecule has 1 aromatic carbocycles. The summed E-state index contributed by atoms with van der Waals surface area (Å²) in [5.74, 6) is 0.768. The molecule has 0 aliphatic heterocycles. The average Bonchev–Trinajstić information content (AvgIpc) is 2.40. The third kappa shape index (κ3) is 5.75. The molecule has 0 heterocycles. The van der Waals surface area contributed by atoms with E-state index in [0.717, 1.165) is 0 Å². The molecule has 4 nitrogen and oxygen atoms in total. The third-order valence-corrected chi connectivity index (χ3v) is 3.14. The molecule has 0 aromatic heterocycles. The molecule has 0 aliphatic rings. The highest BCUT2D eigenvalue weighted by molar-refractivity contribution is 5.73. The highest BCUT2D eigenvalue weighted by atomic mass is 16.3. The average molecular weight is 264 g/mol. The van der Waals surface area contributed by atoms with E-state index in [4.69, 9.17) is 5.11 Å². The summed E-state index contributed by atoms with van der Waals surface area (Å²) in [6, 6.07) is 10.1. The summed E-state index contributed by atoms with van der Waals surface area (Å²) in [7, 11) is 0. The van der Waals surface area contributed by atoms with Crippen LogP contribution >= 0.6 is 0 Å². The van der Waals surface area contributed by atoms with Crippen molar-refractivity contribution in [2.45, 2.75) is 26.2 Å². The molecule has 1 rings (SSSR count). The van der Waals surface area contributed by atoms with Crippen molar-refractivity contribution in [1.29, 1.82) is 0 Å². The van der Waals surface area contributed by atoms with Crippen LogP contribution in [0.2, 0.25) is 0 Å². The molecule has 0 radical (unpaired) electrons. The second-order valence-corrected chi connectivity index (χ2v) is 4.98. The fourth-order valence-electron chi connectivity index (χ4n) is 1.98. The first-order chi connectivity index (χ1) is 9.15. The van der Waals surface area contributed by atoms with Crippen molar-refractivity contribution in [3.8, 4) is 0 Å². The van der Waals surface area contributed by atoms with E-state index in [1.807, 2.05) is 18.2 Å². The van der Waals surface area contributed by atoms with Crippen molar-refractivity contribution < 1.29 is 9.90 Å². The lowest BCUT2D eigenvalue weighted by molar-refractivity contribution is 0.236. The predicted molar refractivity (Wildman–Crippen MR) is 77.1 cm³/mol. The van der Waals surface area contributed by atoms with Gasteiger partial charge in [0.25, 0.3) is 0 Å². The topological polar surface area (TPSA) is 61.4 Å². The van der Waals surface area contributed by atoms with E-state index in [2.05, 4.69) is 36.6 Å². The molecule has 106 valence electrons. The van der Waals surface area contributed by atoms with Gasteiger partial charge in [-0.3, -0.25) is 0 Å². The molecule has 0 saturated carbocycles. The first-order valence-electron chi connectivity index (χ1n) is 6.82. The Morgan fingerprint density at radius 3 is 2.47 bits per heavy atom. The normalized spacial score (nSPS) is 12.2. The van der Waals surface area contributed by atoms with Gasteiger partial charge in [0.2, 0.25) is 0 Å². The van der Waals surface area contributed by atoms with Crippen LogP contribution in [0, 0.1) is 5.92 Å². The summed E-state index contributed by atoms with van der Waals surface area (Å²) in [6.07, 6.45) is 0.583. The van der Waals surface area contributed by atoms with Gasteiger partial charge in [-0.05, 0) is 17.9 Å². The van der Waals surface area contributed by atoms with Gasteiger partial charge in [-0.15, -0.1) is 0 Å². The zero-order valence-corrected chi connectivity index (χ0v) is 11.7. The van der Waals surface area contributed by atoms with Crippen LogP contribution in [0.3, 0.4) is 0 Å². The molecule has 19 heavy (non-hydrogen) atoms. The Kier molecular flexibility index (Phi) is 6.97. The minimum Gasteiger partial charge on any atom is -0.396 e. The SMILES string of the molecule is CC(C)C(CNC(=O)NCCCO)c1ccccc1. The molecule has 2 amide bonds. The molecule has 1 aromatic rings. The summed E-state index contributed by atoms with van der Waals surface area (Å²) >= 11 is 0. The Bertz CT molecular complexity index is 366. The van der Waals surface area contributed by atoms with Crippen molar-refractivity contribution in [2.75, 3.05) is 19.7 Å². The molecule has 0 fully saturated rings. The Balaban J connectivity index is 2.45. The van der Waals surface area contributed by atoms with Crippen molar-refractivity contribution in [1.82, 2.24) is 10.6 Å². The number of urea groups is 1. The second-order valence-electron chi connectivity index (χ2n) is 4.98. The lowest BCUT2D eigenvalue weighted by Crippen LogP contribution is -2.39. The molecule has 4 heteroatoms. The molecule has 0 spiro atoms. The quantitative estimate of drug-likeness (QED) is 0.661. The van der Waals surface area contributed by atoms with Crippen LogP contribution in [-0.2, 0) is 0 Å². The highest BCUT2D eigenvalue weighted by Crippen LogP contribution is 2.23. The van der Waals surface area contributed by atoms with Crippen LogP contribution in [0.5, 0.6) is 0 Å². The highest BCUT2D eigenvalue weighted by Gasteiger charge is 2.16. The maximum absolute atomic E-state index is 11.6. The number of aliphatic hydroxyl groups is 1. The van der Waals surface area contributed by atoms with Crippen LogP contribution < -0.4 is 10.6 Å². The van der Waals surface area contributed by atoms with Crippen LogP contribution in [0.1, 0.15) is 31.7 Å². The number of rotatable bonds is 7. The summed E-state index contributed by atoms with van der Waals surface area (Å²) in [5, 5.41) is 14.3. The molecule has 0 bridgehead atoms. The van der Waals surface area contributed by atoms with Crippen LogP contribution in [0.15, 0.2) is 30.3 Å². The van der Waals surface area contributed by atoms with Crippen molar-refractivity contribution in [3.63, 3.8) is 0 Å². The minimum absolute atomic E-state index is 0.0961. The molecule has 1 atom stereocenters. The maximum Gasteiger partial charge on any atom is 0.314 e. The fourth-order valence-corrected chi connectivity index (χ4v) is 1.98. The number of nitrogens with one attached hydrogen (secondary N) is 2. The van der Waals surface area contributed by atoms with Crippen molar-refractivity contribution >= 4 is 6.03 Å². The van der Waals surface area contributed by atoms with E-state index in [1.54, 1.807) is 0 Å². The summed E-state index contributed by atoms with van der Waals surface area (Å²) in [6.45, 7) is 5.53. The van der Waals surface area contributed by atoms with E-state index in [0.29, 0.717) is 31.3 Å². The molecule has 0 aliphatic carbocycles. The fraction of sp³-hybridized carbons (Fsp3) is 0.533. The van der Waals surface area contributed by atoms with Gasteiger partial charge in [-0.25, -0.2) is 4.79 Å². The lowest BCUT2D eigenvalue weighted by atomic mass is 9.88. The molecule has 1 unspecified atom stereocenters. The van der Waals surface area contributed by atoms with E-state index in [1.165, 1.54) is 5.56 Å². The monoisotopic (exact) mass is 264 g/mol. The van der Waals surface area contributed by atoms with Crippen LogP contribution in [0.25, 0.3) is 0 Å². The number of benzene rings is 1. The molecule has 0 saturated heterocycles. The van der Waals surface area contributed by atoms with Gasteiger partial charge >= 0.3 is 6.03 Å². The summed E-state index contributed by atoms with van der Waals surface area (Å²) in [5.41, 5.74) is 1.24. The van der Waals surface area contributed by atoms with Gasteiger partial charge in [-0.1, -0.05) is 44.2 Å².